The molecule has 0 saturated heterocycles. The highest BCUT2D eigenvalue weighted by Crippen LogP contribution is 2.32. The van der Waals surface area contributed by atoms with Gasteiger partial charge < -0.3 is 19.7 Å². The second-order valence-corrected chi connectivity index (χ2v) is 12.2. The van der Waals surface area contributed by atoms with Gasteiger partial charge >= 0.3 is 0 Å². The van der Waals surface area contributed by atoms with E-state index in [1.165, 1.54) is 61.6 Å². The lowest BCUT2D eigenvalue weighted by molar-refractivity contribution is -0.139. The van der Waals surface area contributed by atoms with Crippen LogP contribution in [0.1, 0.15) is 31.9 Å². The van der Waals surface area contributed by atoms with Crippen molar-refractivity contribution in [3.8, 4) is 11.5 Å². The Hall–Kier alpha value is -4.12. The summed E-state index contributed by atoms with van der Waals surface area (Å²) in [6, 6.07) is 15.5. The van der Waals surface area contributed by atoms with E-state index in [4.69, 9.17) is 9.47 Å². The van der Waals surface area contributed by atoms with Crippen LogP contribution in [0.25, 0.3) is 0 Å². The molecule has 1 atom stereocenters. The minimum atomic E-state index is -4.30. The van der Waals surface area contributed by atoms with Crippen molar-refractivity contribution in [1.82, 2.24) is 10.2 Å². The second kappa shape index (κ2) is 14.2. The topological polar surface area (TPSA) is 105 Å². The molecule has 0 unspecified atom stereocenters. The zero-order chi connectivity index (χ0) is 31.0. The largest absolute Gasteiger partial charge is 0.493 e. The summed E-state index contributed by atoms with van der Waals surface area (Å²) in [4.78, 5) is 28.2. The van der Waals surface area contributed by atoms with Gasteiger partial charge in [0.15, 0.2) is 11.5 Å². The molecule has 0 radical (unpaired) electrons. The fourth-order valence-electron chi connectivity index (χ4n) is 4.17. The second-order valence-electron chi connectivity index (χ2n) is 10.3. The van der Waals surface area contributed by atoms with Crippen LogP contribution < -0.4 is 19.1 Å². The van der Waals surface area contributed by atoms with Gasteiger partial charge in [0.25, 0.3) is 10.0 Å². The quantitative estimate of drug-likeness (QED) is 0.310. The molecule has 3 rings (SSSR count). The van der Waals surface area contributed by atoms with Gasteiger partial charge in [-0.2, -0.15) is 0 Å². The third-order valence-electron chi connectivity index (χ3n) is 6.66. The van der Waals surface area contributed by atoms with Crippen LogP contribution in [0.5, 0.6) is 11.5 Å². The van der Waals surface area contributed by atoms with Gasteiger partial charge in [0.05, 0.1) is 24.8 Å². The van der Waals surface area contributed by atoms with Gasteiger partial charge in [0.2, 0.25) is 11.8 Å². The maximum absolute atomic E-state index is 14.1. The Bertz CT molecular complexity index is 1480. The Kier molecular flexibility index (Phi) is 10.9. The van der Waals surface area contributed by atoms with Gasteiger partial charge in [-0.15, -0.1) is 0 Å². The average Bonchev–Trinajstić information content (AvgIpc) is 2.97. The average molecular weight is 600 g/mol. The standard InChI is InChI=1S/C31H38FN3O6S/c1-21(2)18-33-31(37)23(4)34(19-24-9-11-25(32)12-10-24)30(36)20-35(26-13-7-22(3)8-14-26)42(38,39)27-15-16-28(40-5)29(17-27)41-6/h7-17,21,23H,18-20H2,1-6H3,(H,33,37)/t23-/m1/s1. The molecule has 9 nitrogen and oxygen atoms in total. The maximum Gasteiger partial charge on any atom is 0.264 e. The zero-order valence-electron chi connectivity index (χ0n) is 24.8. The molecule has 2 amide bonds. The number of methoxy groups -OCH3 is 2. The highest BCUT2D eigenvalue weighted by Gasteiger charge is 2.33. The first-order valence-electron chi connectivity index (χ1n) is 13.5. The molecular weight excluding hydrogens is 561 g/mol. The number of nitrogens with one attached hydrogen (secondary N) is 1. The van der Waals surface area contributed by atoms with Crippen LogP contribution in [0, 0.1) is 18.7 Å². The fourth-order valence-corrected chi connectivity index (χ4v) is 5.60. The molecule has 1 N–H and O–H groups in total. The Balaban J connectivity index is 2.04. The van der Waals surface area contributed by atoms with Gasteiger partial charge in [0, 0.05) is 19.2 Å². The van der Waals surface area contributed by atoms with E-state index in [-0.39, 0.29) is 34.7 Å². The number of sulfonamides is 1. The van der Waals surface area contributed by atoms with Crippen LogP contribution in [0.15, 0.2) is 71.6 Å². The lowest BCUT2D eigenvalue weighted by Gasteiger charge is -2.32. The van der Waals surface area contributed by atoms with Gasteiger partial charge in [-0.05, 0) is 61.7 Å². The summed E-state index contributed by atoms with van der Waals surface area (Å²) >= 11 is 0. The number of hydrogen-bond acceptors (Lipinski definition) is 6. The Morgan fingerprint density at radius 3 is 2.10 bits per heavy atom. The number of ether oxygens (including phenoxy) is 2. The molecule has 0 aromatic heterocycles. The molecule has 0 aliphatic rings. The molecule has 0 saturated carbocycles. The van der Waals surface area contributed by atoms with Gasteiger partial charge in [-0.1, -0.05) is 43.7 Å². The molecule has 11 heteroatoms. The van der Waals surface area contributed by atoms with E-state index in [2.05, 4.69) is 5.32 Å². The summed E-state index contributed by atoms with van der Waals surface area (Å²) in [5.74, 6) is -0.694. The van der Waals surface area contributed by atoms with Crippen molar-refractivity contribution in [2.75, 3.05) is 31.6 Å². The number of hydrogen-bond donors (Lipinski definition) is 1. The monoisotopic (exact) mass is 599 g/mol. The summed E-state index contributed by atoms with van der Waals surface area (Å²) in [5.41, 5.74) is 1.75. The lowest BCUT2D eigenvalue weighted by atomic mass is 10.1. The molecule has 42 heavy (non-hydrogen) atoms. The minimum Gasteiger partial charge on any atom is -0.493 e. The minimum absolute atomic E-state index is 0.0342. The SMILES string of the molecule is COc1ccc(S(=O)(=O)N(CC(=O)N(Cc2ccc(F)cc2)[C@H](C)C(=O)NCC(C)C)c2ccc(C)cc2)cc1OC. The third kappa shape index (κ3) is 8.00. The lowest BCUT2D eigenvalue weighted by Crippen LogP contribution is -2.51. The molecule has 0 heterocycles. The predicted molar refractivity (Wildman–Crippen MR) is 160 cm³/mol. The fraction of sp³-hybridized carbons (Fsp3) is 0.355. The molecule has 226 valence electrons. The Morgan fingerprint density at radius 2 is 1.52 bits per heavy atom. The van der Waals surface area contributed by atoms with Gasteiger partial charge in [-0.25, -0.2) is 12.8 Å². The van der Waals surface area contributed by atoms with Crippen molar-refractivity contribution < 1.29 is 31.9 Å². The molecule has 0 aliphatic heterocycles. The predicted octanol–water partition coefficient (Wildman–Crippen LogP) is 4.54. The molecule has 0 aliphatic carbocycles. The van der Waals surface area contributed by atoms with Crippen LogP contribution in [0.3, 0.4) is 0 Å². The van der Waals surface area contributed by atoms with Crippen molar-refractivity contribution in [3.05, 3.63) is 83.7 Å². The number of carbonyl (C=O) groups excluding carboxylic acids is 2. The maximum atomic E-state index is 14.1. The molecule has 0 bridgehead atoms. The number of carbonyl (C=O) groups is 2. The first-order valence-corrected chi connectivity index (χ1v) is 14.9. The van der Waals surface area contributed by atoms with Crippen molar-refractivity contribution in [2.24, 2.45) is 5.92 Å². The number of rotatable bonds is 13. The van der Waals surface area contributed by atoms with E-state index < -0.39 is 34.3 Å². The molecule has 3 aromatic carbocycles. The Labute approximate surface area is 247 Å². The normalized spacial score (nSPS) is 12.0. The first kappa shape index (κ1) is 32.4. The van der Waals surface area contributed by atoms with Crippen LogP contribution >= 0.6 is 0 Å². The number of nitrogens with zero attached hydrogens (tertiary/aromatic N) is 2. The number of aryl methyl sites for hydroxylation is 1. The van der Waals surface area contributed by atoms with E-state index in [1.54, 1.807) is 31.2 Å². The molecule has 0 spiro atoms. The summed E-state index contributed by atoms with van der Waals surface area (Å²) in [7, 11) is -1.46. The van der Waals surface area contributed by atoms with Gasteiger partial charge in [0.1, 0.15) is 18.4 Å². The van der Waals surface area contributed by atoms with Crippen LogP contribution in [-0.2, 0) is 26.2 Å². The van der Waals surface area contributed by atoms with E-state index in [0.717, 1.165) is 9.87 Å². The number of benzene rings is 3. The van der Waals surface area contributed by atoms with E-state index >= 15 is 0 Å². The first-order chi connectivity index (χ1) is 19.9. The van der Waals surface area contributed by atoms with Gasteiger partial charge in [-0.3, -0.25) is 13.9 Å². The van der Waals surface area contributed by atoms with Crippen molar-refractivity contribution in [1.29, 1.82) is 0 Å². The van der Waals surface area contributed by atoms with E-state index in [1.807, 2.05) is 20.8 Å². The molecular formula is C31H38FN3O6S. The van der Waals surface area contributed by atoms with Crippen LogP contribution in [0.2, 0.25) is 0 Å². The van der Waals surface area contributed by atoms with Crippen LogP contribution in [0.4, 0.5) is 10.1 Å². The molecule has 0 fully saturated rings. The Morgan fingerprint density at radius 1 is 0.905 bits per heavy atom. The summed E-state index contributed by atoms with van der Waals surface area (Å²) in [6.07, 6.45) is 0. The van der Waals surface area contributed by atoms with Crippen molar-refractivity contribution in [2.45, 2.75) is 45.2 Å². The highest BCUT2D eigenvalue weighted by atomic mass is 32.2. The smallest absolute Gasteiger partial charge is 0.264 e. The highest BCUT2D eigenvalue weighted by molar-refractivity contribution is 7.92. The van der Waals surface area contributed by atoms with Crippen molar-refractivity contribution in [3.63, 3.8) is 0 Å². The summed E-state index contributed by atoms with van der Waals surface area (Å²) in [5, 5.41) is 2.83. The molecule has 3 aromatic rings. The summed E-state index contributed by atoms with van der Waals surface area (Å²) in [6.45, 7) is 7.12. The zero-order valence-corrected chi connectivity index (χ0v) is 25.6. The van der Waals surface area contributed by atoms with E-state index in [9.17, 15) is 22.4 Å². The summed E-state index contributed by atoms with van der Waals surface area (Å²) < 4.78 is 53.3. The number of anilines is 1. The van der Waals surface area contributed by atoms with Crippen molar-refractivity contribution >= 4 is 27.5 Å². The number of amides is 2. The third-order valence-corrected chi connectivity index (χ3v) is 8.43. The van der Waals surface area contributed by atoms with Crippen LogP contribution in [-0.4, -0.2) is 58.5 Å². The van der Waals surface area contributed by atoms with E-state index in [0.29, 0.717) is 17.9 Å². The number of halogens is 1.